The van der Waals surface area contributed by atoms with Gasteiger partial charge in [0.05, 0.1) is 54.1 Å². The van der Waals surface area contributed by atoms with E-state index in [0.29, 0.717) is 84.8 Å². The molecule has 0 aliphatic carbocycles. The zero-order chi connectivity index (χ0) is 45.8. The summed E-state index contributed by atoms with van der Waals surface area (Å²) in [6.07, 6.45) is 5.95. The third kappa shape index (κ3) is 12.2. The molecule has 1 atom stereocenters. The molecule has 0 spiro atoms. The first kappa shape index (κ1) is 45.5. The lowest BCUT2D eigenvalue weighted by molar-refractivity contribution is 0.0434. The number of para-hydroxylation sites is 1. The Balaban J connectivity index is 0.959. The molecule has 0 N–H and O–H groups in total. The fraction of sp³-hybridized carbons (Fsp3) is 0.245. The lowest BCUT2D eigenvalue weighted by Crippen LogP contribution is -2.19. The fourth-order valence-corrected chi connectivity index (χ4v) is 7.95. The average molecular weight is 906 g/mol. The maximum Gasteiger partial charge on any atom is 0.343 e. The van der Waals surface area contributed by atoms with E-state index in [4.69, 9.17) is 43.2 Å². The Morgan fingerprint density at radius 1 is 0.818 bits per heavy atom. The third-order valence-electron chi connectivity index (χ3n) is 10.7. The number of rotatable bonds is 22. The molecule has 1 unspecified atom stereocenters. The maximum absolute atomic E-state index is 13.4. The monoisotopic (exact) mass is 905 g/mol. The predicted octanol–water partition coefficient (Wildman–Crippen LogP) is 11.2. The Morgan fingerprint density at radius 2 is 1.52 bits per heavy atom. The Bertz CT molecular complexity index is 2800. The first-order valence-corrected chi connectivity index (χ1v) is 22.7. The number of methoxy groups -OCH3 is 1. The van der Waals surface area contributed by atoms with E-state index < -0.39 is 11.9 Å². The highest BCUT2D eigenvalue weighted by Crippen LogP contribution is 2.32. The lowest BCUT2D eigenvalue weighted by atomic mass is 10.0. The molecule has 0 radical (unpaired) electrons. The smallest absolute Gasteiger partial charge is 0.343 e. The van der Waals surface area contributed by atoms with Crippen LogP contribution in [0.4, 0.5) is 5.13 Å². The van der Waals surface area contributed by atoms with Crippen molar-refractivity contribution >= 4 is 55.6 Å². The number of esters is 2. The van der Waals surface area contributed by atoms with Crippen molar-refractivity contribution in [2.45, 2.75) is 45.8 Å². The van der Waals surface area contributed by atoms with Crippen molar-refractivity contribution in [3.63, 3.8) is 0 Å². The van der Waals surface area contributed by atoms with Gasteiger partial charge in [-0.2, -0.15) is 5.10 Å². The van der Waals surface area contributed by atoms with Gasteiger partial charge < -0.3 is 33.2 Å². The van der Waals surface area contributed by atoms with Crippen LogP contribution >= 0.6 is 11.3 Å². The molecular weight excluding hydrogens is 855 g/mol. The molecule has 1 aliphatic rings. The largest absolute Gasteiger partial charge is 0.493 e. The number of hydrogen-bond acceptors (Lipinski definition) is 13. The third-order valence-corrected chi connectivity index (χ3v) is 11.7. The topological polar surface area (TPSA) is 131 Å². The second-order valence-corrected chi connectivity index (χ2v) is 17.0. The molecule has 12 nitrogen and oxygen atoms in total. The van der Waals surface area contributed by atoms with Crippen LogP contribution in [0.5, 0.6) is 28.7 Å². The van der Waals surface area contributed by atoms with E-state index in [1.165, 1.54) is 6.26 Å². The second kappa shape index (κ2) is 21.7. The van der Waals surface area contributed by atoms with Gasteiger partial charge in [-0.15, -0.1) is 0 Å². The van der Waals surface area contributed by atoms with Crippen LogP contribution in [0.25, 0.3) is 21.0 Å². The Kier molecular flexibility index (Phi) is 15.0. The normalized spacial score (nSPS) is 13.2. The Morgan fingerprint density at radius 3 is 2.27 bits per heavy atom. The molecule has 0 saturated carbocycles. The Labute approximate surface area is 387 Å². The SMILES string of the molecule is C=COc1ccc(C(=O)Oc2ccc(CCc3ccc(OC(=O)c4ccc5cc(OCCCOC6CO6)ccc5c4)c(OC)c3)cc2/C=N/N(CCC(C)C)c2nc3ccccc3s2)cc1. The zero-order valence-electron chi connectivity index (χ0n) is 37.1. The minimum atomic E-state index is -0.517. The predicted molar refractivity (Wildman–Crippen MR) is 258 cm³/mol. The molecule has 1 aromatic heterocycles. The van der Waals surface area contributed by atoms with Crippen LogP contribution in [0.1, 0.15) is 64.1 Å². The molecule has 2 heterocycles. The number of anilines is 1. The number of aryl methyl sites for hydroxylation is 2. The maximum atomic E-state index is 13.4. The number of hydrogen-bond donors (Lipinski definition) is 0. The molecule has 1 saturated heterocycles. The number of carbonyl (C=O) groups is 2. The van der Waals surface area contributed by atoms with Gasteiger partial charge >= 0.3 is 11.9 Å². The average Bonchev–Trinajstić information content (AvgIpc) is 4.06. The number of benzene rings is 6. The van der Waals surface area contributed by atoms with Crippen molar-refractivity contribution in [3.05, 3.63) is 162 Å². The molecule has 7 aromatic rings. The number of fused-ring (bicyclic) bond motifs is 2. The molecule has 8 rings (SSSR count). The fourth-order valence-electron chi connectivity index (χ4n) is 7.00. The molecule has 1 aliphatic heterocycles. The summed E-state index contributed by atoms with van der Waals surface area (Å²) in [4.78, 5) is 31.7. The summed E-state index contributed by atoms with van der Waals surface area (Å²) in [5.74, 6) is 1.86. The van der Waals surface area contributed by atoms with E-state index in [1.54, 1.807) is 73.2 Å². The zero-order valence-corrected chi connectivity index (χ0v) is 38.0. The van der Waals surface area contributed by atoms with E-state index >= 15 is 0 Å². The van der Waals surface area contributed by atoms with Crippen LogP contribution in [0.2, 0.25) is 0 Å². The molecule has 1 fully saturated rings. The summed E-state index contributed by atoms with van der Waals surface area (Å²) < 4.78 is 40.4. The number of ether oxygens (including phenoxy) is 7. The highest BCUT2D eigenvalue weighted by molar-refractivity contribution is 7.22. The molecule has 338 valence electrons. The van der Waals surface area contributed by atoms with Gasteiger partial charge in [-0.25, -0.2) is 19.6 Å². The number of thiazole rings is 1. The van der Waals surface area contributed by atoms with Crippen LogP contribution in [0, 0.1) is 5.92 Å². The first-order chi connectivity index (χ1) is 32.2. The number of epoxide rings is 1. The van der Waals surface area contributed by atoms with Gasteiger partial charge in [0.2, 0.25) is 5.13 Å². The first-order valence-electron chi connectivity index (χ1n) is 21.9. The van der Waals surface area contributed by atoms with Gasteiger partial charge in [-0.3, -0.25) is 0 Å². The molecule has 66 heavy (non-hydrogen) atoms. The van der Waals surface area contributed by atoms with Gasteiger partial charge in [0.1, 0.15) is 23.9 Å². The quantitative estimate of drug-likeness (QED) is 0.0122. The van der Waals surface area contributed by atoms with Crippen molar-refractivity contribution in [3.8, 4) is 28.7 Å². The van der Waals surface area contributed by atoms with E-state index in [-0.39, 0.29) is 6.29 Å². The van der Waals surface area contributed by atoms with Gasteiger partial charge in [0.15, 0.2) is 17.8 Å². The number of nitrogens with zero attached hydrogens (tertiary/aromatic N) is 3. The minimum absolute atomic E-state index is 0.0540. The van der Waals surface area contributed by atoms with Crippen molar-refractivity contribution in [2.24, 2.45) is 11.0 Å². The summed E-state index contributed by atoms with van der Waals surface area (Å²) in [5, 5.41) is 9.47. The highest BCUT2D eigenvalue weighted by atomic mass is 32.1. The van der Waals surface area contributed by atoms with Crippen LogP contribution < -0.4 is 28.7 Å². The summed E-state index contributed by atoms with van der Waals surface area (Å²) in [5.41, 5.74) is 4.29. The lowest BCUT2D eigenvalue weighted by Gasteiger charge is -2.17. The second-order valence-electron chi connectivity index (χ2n) is 16.0. The van der Waals surface area contributed by atoms with Gasteiger partial charge in [-0.05, 0) is 132 Å². The number of hydrazone groups is 1. The highest BCUT2D eigenvalue weighted by Gasteiger charge is 2.22. The Hall–Kier alpha value is -7.06. The van der Waals surface area contributed by atoms with Crippen molar-refractivity contribution in [2.75, 3.05) is 38.5 Å². The van der Waals surface area contributed by atoms with Gasteiger partial charge in [-0.1, -0.05) is 68.2 Å². The summed E-state index contributed by atoms with van der Waals surface area (Å²) >= 11 is 1.58. The number of aromatic nitrogens is 1. The van der Waals surface area contributed by atoms with Crippen molar-refractivity contribution in [1.29, 1.82) is 0 Å². The summed E-state index contributed by atoms with van der Waals surface area (Å²) in [6.45, 7) is 10.4. The van der Waals surface area contributed by atoms with Crippen LogP contribution in [-0.4, -0.2) is 62.9 Å². The van der Waals surface area contributed by atoms with Gasteiger partial charge in [0, 0.05) is 18.5 Å². The van der Waals surface area contributed by atoms with E-state index in [9.17, 15) is 9.59 Å². The van der Waals surface area contributed by atoms with Gasteiger partial charge in [0.25, 0.3) is 0 Å². The molecule has 13 heteroatoms. The standard InChI is InChI=1S/C53H51N3O9S/c1-5-60-43-20-17-38(18-21-43)51(57)64-46-23-13-36(29-42(46)33-54-56(26-25-35(2)3)53-55-45-9-6-7-10-49(45)66-53)11-12-37-14-24-47(48(30-37)59-4)65-52(58)41-16-15-40-32-44(22-19-39(40)31-41)61-27-8-28-62-50-34-63-50/h5-7,9-10,13-24,29-33,35,50H,1,8,11-12,25-28,34H2,2-4H3/b54-33+. The van der Waals surface area contributed by atoms with E-state index in [0.717, 1.165) is 55.8 Å². The minimum Gasteiger partial charge on any atom is -0.493 e. The molecule has 6 aromatic carbocycles. The van der Waals surface area contributed by atoms with E-state index in [2.05, 4.69) is 26.5 Å². The van der Waals surface area contributed by atoms with Crippen LogP contribution in [0.3, 0.4) is 0 Å². The summed E-state index contributed by atoms with van der Waals surface area (Å²) in [6, 6.07) is 37.2. The summed E-state index contributed by atoms with van der Waals surface area (Å²) in [7, 11) is 1.55. The number of carbonyl (C=O) groups excluding carboxylic acids is 2. The van der Waals surface area contributed by atoms with Crippen LogP contribution in [0.15, 0.2) is 139 Å². The van der Waals surface area contributed by atoms with Crippen molar-refractivity contribution < 1.29 is 42.7 Å². The molecular formula is C53H51N3O9S. The van der Waals surface area contributed by atoms with Crippen molar-refractivity contribution in [1.82, 2.24) is 4.98 Å². The molecule has 0 bridgehead atoms. The van der Waals surface area contributed by atoms with Crippen LogP contribution in [-0.2, 0) is 22.3 Å². The van der Waals surface area contributed by atoms with E-state index in [1.807, 2.05) is 71.7 Å². The molecule has 0 amide bonds.